The Hall–Kier alpha value is -2.24. The molecule has 1 fully saturated rings. The summed E-state index contributed by atoms with van der Waals surface area (Å²) < 4.78 is 34.6. The van der Waals surface area contributed by atoms with Crippen molar-refractivity contribution >= 4 is 5.69 Å². The number of aliphatic hydroxyl groups is 1. The average Bonchev–Trinajstić information content (AvgIpc) is 2.97. The molecule has 2 aliphatic rings. The monoisotopic (exact) mass is 572 g/mol. The van der Waals surface area contributed by atoms with Gasteiger partial charge >= 0.3 is 0 Å². The van der Waals surface area contributed by atoms with Crippen LogP contribution in [0.5, 0.6) is 5.75 Å². The largest absolute Gasteiger partial charge is 0.490 e. The summed E-state index contributed by atoms with van der Waals surface area (Å²) >= 11 is 0. The van der Waals surface area contributed by atoms with Gasteiger partial charge in [-0.1, -0.05) is 24.3 Å². The Morgan fingerprint density at radius 2 is 1.93 bits per heavy atom. The molecule has 0 aromatic heterocycles. The first kappa shape index (κ1) is 31.7. The van der Waals surface area contributed by atoms with Gasteiger partial charge in [-0.05, 0) is 67.6 Å². The van der Waals surface area contributed by atoms with Crippen LogP contribution in [0.2, 0.25) is 0 Å². The summed E-state index contributed by atoms with van der Waals surface area (Å²) in [5, 5.41) is 15.5. The van der Waals surface area contributed by atoms with Crippen LogP contribution in [-0.2, 0) is 49.1 Å². The molecule has 2 N–H and O–H groups in total. The van der Waals surface area contributed by atoms with Gasteiger partial charge in [-0.15, -0.1) is 0 Å². The van der Waals surface area contributed by atoms with E-state index in [1.807, 2.05) is 38.1 Å². The second-order valence-electron chi connectivity index (χ2n) is 10.9. The number of nitrogens with zero attached hydrogens (tertiary/aromatic N) is 1. The molecule has 0 bridgehead atoms. The first-order valence-electron chi connectivity index (χ1n) is 14.8. The van der Waals surface area contributed by atoms with Gasteiger partial charge in [0.05, 0.1) is 44.8 Å². The van der Waals surface area contributed by atoms with Crippen molar-refractivity contribution in [1.82, 2.24) is 5.32 Å². The zero-order valence-corrected chi connectivity index (χ0v) is 25.2. The Kier molecular flexibility index (Phi) is 12.2. The third-order valence-corrected chi connectivity index (χ3v) is 7.76. The Labute approximate surface area is 245 Å². The molecule has 2 heterocycles. The van der Waals surface area contributed by atoms with Gasteiger partial charge < -0.3 is 43.7 Å². The average molecular weight is 573 g/mol. The van der Waals surface area contributed by atoms with E-state index >= 15 is 0 Å². The number of hydrogen-bond acceptors (Lipinski definition) is 9. The lowest BCUT2D eigenvalue weighted by atomic mass is 9.80. The fraction of sp³-hybridized carbons (Fsp3) is 0.625. The summed E-state index contributed by atoms with van der Waals surface area (Å²) in [7, 11) is 3.41. The third kappa shape index (κ3) is 8.41. The fourth-order valence-electron chi connectivity index (χ4n) is 5.69. The van der Waals surface area contributed by atoms with Gasteiger partial charge in [0.25, 0.3) is 0 Å². The van der Waals surface area contributed by atoms with E-state index < -0.39 is 11.7 Å². The van der Waals surface area contributed by atoms with Crippen molar-refractivity contribution in [3.63, 3.8) is 0 Å². The highest BCUT2D eigenvalue weighted by atomic mass is 16.5. The molecule has 0 saturated carbocycles. The SMILES string of the molecule is CCO[C@H](C)COCc1ccc([C@@]2(O)CCNC[C@@H]2OCc2ccc3c(c2)N(CCCOC)CCO3)c(COC)c1. The van der Waals surface area contributed by atoms with Crippen LogP contribution < -0.4 is 15.0 Å². The third-order valence-electron chi connectivity index (χ3n) is 7.76. The maximum atomic E-state index is 12.1. The number of anilines is 1. The molecule has 228 valence electrons. The van der Waals surface area contributed by atoms with E-state index in [0.717, 1.165) is 59.8 Å². The molecule has 2 aliphatic heterocycles. The minimum Gasteiger partial charge on any atom is -0.490 e. The summed E-state index contributed by atoms with van der Waals surface area (Å²) in [5.41, 5.74) is 3.81. The Morgan fingerprint density at radius 3 is 2.73 bits per heavy atom. The van der Waals surface area contributed by atoms with Gasteiger partial charge in [-0.2, -0.15) is 0 Å². The maximum Gasteiger partial charge on any atom is 0.142 e. The van der Waals surface area contributed by atoms with E-state index in [0.29, 0.717) is 59.2 Å². The van der Waals surface area contributed by atoms with E-state index in [9.17, 15) is 5.11 Å². The van der Waals surface area contributed by atoms with Crippen LogP contribution in [0.15, 0.2) is 36.4 Å². The summed E-state index contributed by atoms with van der Waals surface area (Å²) in [5.74, 6) is 0.897. The number of methoxy groups -OCH3 is 2. The number of ether oxygens (including phenoxy) is 6. The van der Waals surface area contributed by atoms with Crippen molar-refractivity contribution in [2.45, 2.75) is 64.3 Å². The molecular weight excluding hydrogens is 524 g/mol. The van der Waals surface area contributed by atoms with E-state index in [1.165, 1.54) is 0 Å². The zero-order chi connectivity index (χ0) is 29.1. The molecule has 41 heavy (non-hydrogen) atoms. The van der Waals surface area contributed by atoms with Gasteiger partial charge in [0.2, 0.25) is 0 Å². The normalized spacial score (nSPS) is 21.4. The predicted molar refractivity (Wildman–Crippen MR) is 159 cm³/mol. The van der Waals surface area contributed by atoms with Crippen LogP contribution in [0.25, 0.3) is 0 Å². The highest BCUT2D eigenvalue weighted by molar-refractivity contribution is 5.61. The first-order chi connectivity index (χ1) is 20.0. The van der Waals surface area contributed by atoms with E-state index in [1.54, 1.807) is 14.2 Å². The number of fused-ring (bicyclic) bond motifs is 1. The number of hydrogen-bond donors (Lipinski definition) is 2. The lowest BCUT2D eigenvalue weighted by Crippen LogP contribution is -2.53. The Balaban J connectivity index is 1.46. The Morgan fingerprint density at radius 1 is 1.10 bits per heavy atom. The standard InChI is InChI=1S/C32H48N2O7/c1-5-39-24(2)20-38-21-25-7-9-28(27(17-25)23-37-4)32(35)11-12-33-19-31(32)41-22-26-8-10-30-29(18-26)34(14-16-40-30)13-6-15-36-3/h7-10,17-18,24,31,33,35H,5-6,11-16,19-23H2,1-4H3/t24-,31+,32+/m1/s1. The summed E-state index contributed by atoms with van der Waals surface area (Å²) in [6.07, 6.45) is 1.12. The molecule has 2 aromatic carbocycles. The van der Waals surface area contributed by atoms with E-state index in [2.05, 4.69) is 22.3 Å². The minimum absolute atomic E-state index is 0.0486. The van der Waals surface area contributed by atoms with Crippen LogP contribution in [0.1, 0.15) is 48.9 Å². The summed E-state index contributed by atoms with van der Waals surface area (Å²) in [6.45, 7) is 10.9. The van der Waals surface area contributed by atoms with Crippen LogP contribution in [0.4, 0.5) is 5.69 Å². The molecule has 2 aromatic rings. The van der Waals surface area contributed by atoms with Gasteiger partial charge in [0.1, 0.15) is 24.1 Å². The van der Waals surface area contributed by atoms with Crippen molar-refractivity contribution in [3.05, 3.63) is 58.7 Å². The fourth-order valence-corrected chi connectivity index (χ4v) is 5.69. The topological polar surface area (TPSA) is 90.9 Å². The van der Waals surface area contributed by atoms with Crippen molar-refractivity contribution in [2.24, 2.45) is 0 Å². The summed E-state index contributed by atoms with van der Waals surface area (Å²) in [4.78, 5) is 2.35. The highest BCUT2D eigenvalue weighted by Gasteiger charge is 2.43. The van der Waals surface area contributed by atoms with Crippen LogP contribution in [0, 0.1) is 0 Å². The first-order valence-corrected chi connectivity index (χ1v) is 14.8. The zero-order valence-electron chi connectivity index (χ0n) is 25.2. The number of nitrogens with one attached hydrogen (secondary N) is 1. The van der Waals surface area contributed by atoms with Crippen molar-refractivity contribution in [1.29, 1.82) is 0 Å². The molecule has 3 atom stereocenters. The van der Waals surface area contributed by atoms with Gasteiger partial charge in [-0.3, -0.25) is 0 Å². The van der Waals surface area contributed by atoms with Gasteiger partial charge in [-0.25, -0.2) is 0 Å². The van der Waals surface area contributed by atoms with Crippen LogP contribution in [-0.4, -0.2) is 84.1 Å². The smallest absolute Gasteiger partial charge is 0.142 e. The predicted octanol–water partition coefficient (Wildman–Crippen LogP) is 3.78. The number of benzene rings is 2. The molecule has 0 radical (unpaired) electrons. The molecule has 4 rings (SSSR count). The van der Waals surface area contributed by atoms with Crippen molar-refractivity contribution < 1.29 is 33.5 Å². The molecule has 0 unspecified atom stereocenters. The molecule has 0 aliphatic carbocycles. The highest BCUT2D eigenvalue weighted by Crippen LogP contribution is 2.37. The Bertz CT molecular complexity index is 1080. The molecule has 1 saturated heterocycles. The molecule has 9 nitrogen and oxygen atoms in total. The summed E-state index contributed by atoms with van der Waals surface area (Å²) in [6, 6.07) is 12.3. The molecule has 0 amide bonds. The lowest BCUT2D eigenvalue weighted by Gasteiger charge is -2.41. The molecule has 0 spiro atoms. The van der Waals surface area contributed by atoms with E-state index in [-0.39, 0.29) is 6.10 Å². The van der Waals surface area contributed by atoms with Crippen LogP contribution in [0.3, 0.4) is 0 Å². The molecular formula is C32H48N2O7. The quantitative estimate of drug-likeness (QED) is 0.292. The minimum atomic E-state index is -1.15. The van der Waals surface area contributed by atoms with Gasteiger partial charge in [0.15, 0.2) is 0 Å². The second-order valence-corrected chi connectivity index (χ2v) is 10.9. The van der Waals surface area contributed by atoms with Crippen molar-refractivity contribution in [3.8, 4) is 5.75 Å². The van der Waals surface area contributed by atoms with Crippen LogP contribution >= 0.6 is 0 Å². The van der Waals surface area contributed by atoms with Crippen molar-refractivity contribution in [2.75, 3.05) is 71.7 Å². The lowest BCUT2D eigenvalue weighted by molar-refractivity contribution is -0.135. The number of rotatable bonds is 16. The molecule has 9 heteroatoms. The maximum absolute atomic E-state index is 12.1. The van der Waals surface area contributed by atoms with Gasteiger partial charge in [0, 0.05) is 40.5 Å². The van der Waals surface area contributed by atoms with E-state index in [4.69, 9.17) is 28.4 Å². The number of piperidine rings is 1. The second kappa shape index (κ2) is 15.8.